The summed E-state index contributed by atoms with van der Waals surface area (Å²) in [4.78, 5) is 16.6. The largest absolute Gasteiger partial charge is 0.310 e. The van der Waals surface area contributed by atoms with Gasteiger partial charge in [-0.05, 0) is 55.8 Å². The molecule has 0 fully saturated rings. The van der Waals surface area contributed by atoms with E-state index in [-0.39, 0.29) is 11.7 Å². The zero-order valence-electron chi connectivity index (χ0n) is 13.7. The molecule has 0 aliphatic heterocycles. The van der Waals surface area contributed by atoms with Crippen LogP contribution in [-0.2, 0) is 0 Å². The molecule has 0 radical (unpaired) electrons. The van der Waals surface area contributed by atoms with Gasteiger partial charge in [0.15, 0.2) is 0 Å². The van der Waals surface area contributed by atoms with Crippen LogP contribution in [0.3, 0.4) is 0 Å². The van der Waals surface area contributed by atoms with Crippen molar-refractivity contribution in [3.05, 3.63) is 89.8 Å². The van der Waals surface area contributed by atoms with Crippen molar-refractivity contribution in [2.75, 3.05) is 0 Å². The van der Waals surface area contributed by atoms with Gasteiger partial charge in [-0.2, -0.15) is 0 Å². The number of allylic oxidation sites excluding steroid dienone is 2. The number of carbonyl (C=O) groups excluding carboxylic acids is 1. The number of nitrogens with one attached hydrogen (secondary N) is 1. The lowest BCUT2D eigenvalue weighted by Gasteiger charge is -2.09. The molecule has 0 atom stereocenters. The molecule has 2 aromatic carbocycles. The molecule has 3 nitrogen and oxygen atoms in total. The summed E-state index contributed by atoms with van der Waals surface area (Å²) in [7, 11) is 0. The highest BCUT2D eigenvalue weighted by Crippen LogP contribution is 2.21. The standard InChI is InChI=1S/C20H19FN2O/c1-4-8-19(18-12-11-17(21)13-14(18)2)22-15(3)23-20(24)16-9-6-5-7-10-16/h4-13H,1H2,2-3H3,(H,22,23,24)/b19-8-. The van der Waals surface area contributed by atoms with Crippen LogP contribution >= 0.6 is 0 Å². The van der Waals surface area contributed by atoms with Crippen molar-refractivity contribution in [2.24, 2.45) is 4.99 Å². The Morgan fingerprint density at radius 3 is 2.54 bits per heavy atom. The summed E-state index contributed by atoms with van der Waals surface area (Å²) >= 11 is 0. The summed E-state index contributed by atoms with van der Waals surface area (Å²) in [5, 5.41) is 2.75. The van der Waals surface area contributed by atoms with Gasteiger partial charge in [0.2, 0.25) is 0 Å². The fourth-order valence-electron chi connectivity index (χ4n) is 2.25. The molecular formula is C20H19FN2O. The molecule has 0 saturated carbocycles. The highest BCUT2D eigenvalue weighted by molar-refractivity contribution is 6.06. The summed E-state index contributed by atoms with van der Waals surface area (Å²) in [6.07, 6.45) is 3.33. The van der Waals surface area contributed by atoms with Gasteiger partial charge in [-0.1, -0.05) is 30.9 Å². The van der Waals surface area contributed by atoms with Crippen LogP contribution in [0.5, 0.6) is 0 Å². The van der Waals surface area contributed by atoms with Gasteiger partial charge in [0.1, 0.15) is 11.7 Å². The zero-order valence-corrected chi connectivity index (χ0v) is 13.7. The molecule has 0 spiro atoms. The van der Waals surface area contributed by atoms with Crippen molar-refractivity contribution < 1.29 is 9.18 Å². The number of amidine groups is 1. The number of aliphatic imine (C=N–C) groups is 1. The Hall–Kier alpha value is -3.01. The molecule has 2 aromatic rings. The maximum atomic E-state index is 13.3. The van der Waals surface area contributed by atoms with Crippen LogP contribution < -0.4 is 5.32 Å². The number of benzene rings is 2. The Kier molecular flexibility index (Phi) is 5.79. The Morgan fingerprint density at radius 1 is 1.21 bits per heavy atom. The van der Waals surface area contributed by atoms with Crippen LogP contribution in [-0.4, -0.2) is 11.7 Å². The van der Waals surface area contributed by atoms with Crippen LogP contribution in [0.2, 0.25) is 0 Å². The number of nitrogens with zero attached hydrogens (tertiary/aromatic N) is 1. The van der Waals surface area contributed by atoms with Gasteiger partial charge in [-0.3, -0.25) is 4.79 Å². The molecule has 4 heteroatoms. The van der Waals surface area contributed by atoms with Crippen LogP contribution in [0.25, 0.3) is 5.70 Å². The van der Waals surface area contributed by atoms with E-state index >= 15 is 0 Å². The van der Waals surface area contributed by atoms with Crippen molar-refractivity contribution in [1.29, 1.82) is 0 Å². The van der Waals surface area contributed by atoms with Gasteiger partial charge in [-0.15, -0.1) is 0 Å². The van der Waals surface area contributed by atoms with Gasteiger partial charge in [0.05, 0.1) is 5.70 Å². The van der Waals surface area contributed by atoms with E-state index < -0.39 is 0 Å². The molecule has 0 aromatic heterocycles. The normalized spacial score (nSPS) is 12.0. The highest BCUT2D eigenvalue weighted by atomic mass is 19.1. The quantitative estimate of drug-likeness (QED) is 0.502. The molecule has 0 unspecified atom stereocenters. The average molecular weight is 322 g/mol. The lowest BCUT2D eigenvalue weighted by molar-refractivity contribution is 0.0977. The van der Waals surface area contributed by atoms with Crippen LogP contribution in [0.1, 0.15) is 28.4 Å². The summed E-state index contributed by atoms with van der Waals surface area (Å²) < 4.78 is 13.3. The van der Waals surface area contributed by atoms with Crippen LogP contribution in [0.15, 0.2) is 72.3 Å². The SMILES string of the molecule is C=C/C=C(\N=C(C)NC(=O)c1ccccc1)c1ccc(F)cc1C. The minimum Gasteiger partial charge on any atom is -0.310 e. The number of carbonyl (C=O) groups is 1. The van der Waals surface area contributed by atoms with Crippen molar-refractivity contribution in [3.8, 4) is 0 Å². The van der Waals surface area contributed by atoms with E-state index in [0.29, 0.717) is 17.1 Å². The first-order chi connectivity index (χ1) is 11.5. The second-order valence-electron chi connectivity index (χ2n) is 5.26. The average Bonchev–Trinajstić information content (AvgIpc) is 2.55. The molecule has 0 aliphatic rings. The van der Waals surface area contributed by atoms with Crippen molar-refractivity contribution >= 4 is 17.4 Å². The minimum atomic E-state index is -0.299. The molecular weight excluding hydrogens is 303 g/mol. The van der Waals surface area contributed by atoms with Gasteiger partial charge in [0.25, 0.3) is 5.91 Å². The molecule has 2 rings (SSSR count). The second kappa shape index (κ2) is 8.02. The molecule has 24 heavy (non-hydrogen) atoms. The lowest BCUT2D eigenvalue weighted by atomic mass is 10.1. The molecule has 0 aliphatic carbocycles. The van der Waals surface area contributed by atoms with E-state index in [0.717, 1.165) is 11.1 Å². The fourth-order valence-corrected chi connectivity index (χ4v) is 2.25. The van der Waals surface area contributed by atoms with Crippen molar-refractivity contribution in [2.45, 2.75) is 13.8 Å². The van der Waals surface area contributed by atoms with Gasteiger partial charge < -0.3 is 5.32 Å². The predicted molar refractivity (Wildman–Crippen MR) is 96.3 cm³/mol. The Morgan fingerprint density at radius 2 is 1.92 bits per heavy atom. The minimum absolute atomic E-state index is 0.231. The summed E-state index contributed by atoms with van der Waals surface area (Å²) in [6.45, 7) is 7.20. The maximum Gasteiger partial charge on any atom is 0.256 e. The third-order valence-corrected chi connectivity index (χ3v) is 3.36. The topological polar surface area (TPSA) is 41.5 Å². The highest BCUT2D eigenvalue weighted by Gasteiger charge is 2.08. The molecule has 0 saturated heterocycles. The molecule has 122 valence electrons. The Balaban J connectivity index is 2.26. The van der Waals surface area contributed by atoms with E-state index in [2.05, 4.69) is 16.9 Å². The smallest absolute Gasteiger partial charge is 0.256 e. The van der Waals surface area contributed by atoms with Gasteiger partial charge in [-0.25, -0.2) is 9.38 Å². The summed E-state index contributed by atoms with van der Waals surface area (Å²) in [5.41, 5.74) is 2.70. The summed E-state index contributed by atoms with van der Waals surface area (Å²) in [5.74, 6) is -0.0846. The number of hydrogen-bond acceptors (Lipinski definition) is 2. The Bertz CT molecular complexity index is 808. The third-order valence-electron chi connectivity index (χ3n) is 3.36. The monoisotopic (exact) mass is 322 g/mol. The van der Waals surface area contributed by atoms with Crippen molar-refractivity contribution in [3.63, 3.8) is 0 Å². The third kappa shape index (κ3) is 4.49. The lowest BCUT2D eigenvalue weighted by Crippen LogP contribution is -2.28. The van der Waals surface area contributed by atoms with Crippen molar-refractivity contribution in [1.82, 2.24) is 5.32 Å². The molecule has 0 heterocycles. The first kappa shape index (κ1) is 17.3. The van der Waals surface area contributed by atoms with E-state index in [9.17, 15) is 9.18 Å². The number of amides is 1. The molecule has 1 N–H and O–H groups in total. The van der Waals surface area contributed by atoms with E-state index in [1.165, 1.54) is 12.1 Å². The summed E-state index contributed by atoms with van der Waals surface area (Å²) in [6, 6.07) is 13.4. The van der Waals surface area contributed by atoms with E-state index in [1.807, 2.05) is 13.0 Å². The number of aryl methyl sites for hydroxylation is 1. The maximum absolute atomic E-state index is 13.3. The Labute approximate surface area is 141 Å². The number of rotatable bonds is 4. The van der Waals surface area contributed by atoms with E-state index in [4.69, 9.17) is 0 Å². The first-order valence-electron chi connectivity index (χ1n) is 7.52. The van der Waals surface area contributed by atoms with Gasteiger partial charge in [0, 0.05) is 11.1 Å². The molecule has 1 amide bonds. The van der Waals surface area contributed by atoms with Gasteiger partial charge >= 0.3 is 0 Å². The molecule has 0 bridgehead atoms. The second-order valence-corrected chi connectivity index (χ2v) is 5.26. The first-order valence-corrected chi connectivity index (χ1v) is 7.52. The van der Waals surface area contributed by atoms with Crippen LogP contribution in [0, 0.1) is 12.7 Å². The predicted octanol–water partition coefficient (Wildman–Crippen LogP) is 4.51. The van der Waals surface area contributed by atoms with E-state index in [1.54, 1.807) is 49.4 Å². The fraction of sp³-hybridized carbons (Fsp3) is 0.100. The number of hydrogen-bond donors (Lipinski definition) is 1. The van der Waals surface area contributed by atoms with Crippen LogP contribution in [0.4, 0.5) is 4.39 Å². The number of halogens is 1. The zero-order chi connectivity index (χ0) is 17.5.